The highest BCUT2D eigenvalue weighted by atomic mass is 16.1. The van der Waals surface area contributed by atoms with Gasteiger partial charge in [-0.25, -0.2) is 0 Å². The molecule has 0 atom stereocenters. The maximum absolute atomic E-state index is 12.0. The number of hydrogen-bond acceptors (Lipinski definition) is 5. The van der Waals surface area contributed by atoms with Crippen LogP contribution < -0.4 is 16.5 Å². The van der Waals surface area contributed by atoms with Gasteiger partial charge in [0.25, 0.3) is 5.91 Å². The molecular weight excluding hydrogens is 280 g/mol. The van der Waals surface area contributed by atoms with Crippen molar-refractivity contribution in [2.24, 2.45) is 16.8 Å². The van der Waals surface area contributed by atoms with E-state index in [1.165, 1.54) is 0 Å². The van der Waals surface area contributed by atoms with Crippen LogP contribution in [0.3, 0.4) is 0 Å². The minimum absolute atomic E-state index is 0.173. The van der Waals surface area contributed by atoms with Gasteiger partial charge in [0, 0.05) is 12.1 Å². The van der Waals surface area contributed by atoms with E-state index in [0.29, 0.717) is 23.7 Å². The number of anilines is 1. The Hall–Kier alpha value is -2.88. The number of amides is 1. The largest absolute Gasteiger partial charge is 0.382 e. The van der Waals surface area contributed by atoms with Crippen LogP contribution in [-0.4, -0.2) is 24.0 Å². The summed E-state index contributed by atoms with van der Waals surface area (Å²) in [6.45, 7) is 6.47. The Morgan fingerprint density at radius 2 is 2.18 bits per heavy atom. The third-order valence-electron chi connectivity index (χ3n) is 2.82. The number of benzene rings is 1. The average Bonchev–Trinajstić information content (AvgIpc) is 2.46. The highest BCUT2D eigenvalue weighted by molar-refractivity contribution is 6.45. The third-order valence-corrected chi connectivity index (χ3v) is 2.82. The number of hydrogen-bond donors (Lipinski definition) is 4. The van der Waals surface area contributed by atoms with Crippen molar-refractivity contribution in [1.29, 1.82) is 10.7 Å². The molecule has 7 nitrogen and oxygen atoms in total. The Bertz CT molecular complexity index is 642. The van der Waals surface area contributed by atoms with Crippen LogP contribution in [0.4, 0.5) is 5.69 Å². The lowest BCUT2D eigenvalue weighted by molar-refractivity contribution is 0.0949. The van der Waals surface area contributed by atoms with Gasteiger partial charge in [0.2, 0.25) is 5.71 Å². The molecule has 0 aliphatic carbocycles. The van der Waals surface area contributed by atoms with Crippen molar-refractivity contribution in [3.05, 3.63) is 29.3 Å². The van der Waals surface area contributed by atoms with E-state index in [1.54, 1.807) is 24.3 Å². The van der Waals surface area contributed by atoms with Crippen molar-refractivity contribution in [2.75, 3.05) is 12.0 Å². The summed E-state index contributed by atoms with van der Waals surface area (Å²) in [6.07, 6.45) is 0. The number of carbonyl (C=O) groups excluding carboxylic acids is 1. The first kappa shape index (κ1) is 17.2. The summed E-state index contributed by atoms with van der Waals surface area (Å²) in [6, 6.07) is 6.86. The smallest absolute Gasteiger partial charge is 0.251 e. The first-order valence-electron chi connectivity index (χ1n) is 6.82. The lowest BCUT2D eigenvalue weighted by Gasteiger charge is -2.10. The maximum atomic E-state index is 12.0. The van der Waals surface area contributed by atoms with Gasteiger partial charge in [0.05, 0.1) is 5.69 Å². The Labute approximate surface area is 129 Å². The summed E-state index contributed by atoms with van der Waals surface area (Å²) in [4.78, 5) is 12.0. The SMILES string of the molecule is Cc1ccc(C(=O)NCC(C)C)cc1N/N=C(\C#N)C(=N)N. The summed E-state index contributed by atoms with van der Waals surface area (Å²) in [5, 5.41) is 22.6. The van der Waals surface area contributed by atoms with Crippen LogP contribution in [-0.2, 0) is 0 Å². The van der Waals surface area contributed by atoms with Crippen molar-refractivity contribution in [2.45, 2.75) is 20.8 Å². The zero-order valence-corrected chi connectivity index (χ0v) is 12.9. The predicted octanol–water partition coefficient (Wildman–Crippen LogP) is 1.61. The van der Waals surface area contributed by atoms with Crippen LogP contribution in [0.5, 0.6) is 0 Å². The zero-order chi connectivity index (χ0) is 16.7. The van der Waals surface area contributed by atoms with Gasteiger partial charge in [-0.15, -0.1) is 0 Å². The second-order valence-electron chi connectivity index (χ2n) is 5.23. The molecule has 0 radical (unpaired) electrons. The molecule has 7 heteroatoms. The monoisotopic (exact) mass is 300 g/mol. The number of rotatable bonds is 6. The second kappa shape index (κ2) is 7.78. The Balaban J connectivity index is 2.93. The summed E-state index contributed by atoms with van der Waals surface area (Å²) < 4.78 is 0. The molecule has 1 rings (SSSR count). The first-order chi connectivity index (χ1) is 10.3. The van der Waals surface area contributed by atoms with E-state index < -0.39 is 5.84 Å². The van der Waals surface area contributed by atoms with Gasteiger partial charge in [-0.2, -0.15) is 10.4 Å². The molecule has 0 aromatic heterocycles. The first-order valence-corrected chi connectivity index (χ1v) is 6.82. The lowest BCUT2D eigenvalue weighted by Crippen LogP contribution is -2.27. The van der Waals surface area contributed by atoms with Crippen molar-refractivity contribution in [3.63, 3.8) is 0 Å². The summed E-state index contributed by atoms with van der Waals surface area (Å²) in [7, 11) is 0. The van der Waals surface area contributed by atoms with Gasteiger partial charge in [-0.05, 0) is 30.5 Å². The number of nitriles is 1. The van der Waals surface area contributed by atoms with Gasteiger partial charge in [0.1, 0.15) is 6.07 Å². The van der Waals surface area contributed by atoms with Crippen molar-refractivity contribution in [3.8, 4) is 6.07 Å². The zero-order valence-electron chi connectivity index (χ0n) is 12.9. The van der Waals surface area contributed by atoms with E-state index in [9.17, 15) is 4.79 Å². The summed E-state index contributed by atoms with van der Waals surface area (Å²) >= 11 is 0. The lowest BCUT2D eigenvalue weighted by atomic mass is 10.1. The number of hydrazone groups is 1. The Kier molecular flexibility index (Phi) is 6.08. The number of carbonyl (C=O) groups is 1. The normalized spacial score (nSPS) is 11.0. The standard InChI is InChI=1S/C15H20N6O/c1-9(2)8-19-15(22)11-5-4-10(3)12(6-11)20-21-13(7-16)14(17)18/h4-6,9,20H,8H2,1-3H3,(H3,17,18)(H,19,22)/b21-13+. The van der Waals surface area contributed by atoms with Crippen molar-refractivity contribution >= 4 is 23.1 Å². The molecular formula is C15H20N6O. The molecule has 5 N–H and O–H groups in total. The number of amidine groups is 1. The second-order valence-corrected chi connectivity index (χ2v) is 5.23. The predicted molar refractivity (Wildman–Crippen MR) is 86.9 cm³/mol. The highest BCUT2D eigenvalue weighted by Gasteiger charge is 2.09. The fourth-order valence-electron chi connectivity index (χ4n) is 1.54. The van der Waals surface area contributed by atoms with Gasteiger partial charge < -0.3 is 11.1 Å². The average molecular weight is 300 g/mol. The fraction of sp³-hybridized carbons (Fsp3) is 0.333. The number of nitrogens with zero attached hydrogens (tertiary/aromatic N) is 2. The van der Waals surface area contributed by atoms with Crippen LogP contribution in [0.25, 0.3) is 0 Å². The minimum Gasteiger partial charge on any atom is -0.382 e. The Morgan fingerprint density at radius 3 is 2.73 bits per heavy atom. The Morgan fingerprint density at radius 1 is 1.50 bits per heavy atom. The molecule has 1 aromatic carbocycles. The van der Waals surface area contributed by atoms with E-state index >= 15 is 0 Å². The molecule has 0 spiro atoms. The minimum atomic E-state index is -0.418. The van der Waals surface area contributed by atoms with Crippen LogP contribution in [0, 0.1) is 29.6 Å². The summed E-state index contributed by atoms with van der Waals surface area (Å²) in [5.74, 6) is -0.225. The van der Waals surface area contributed by atoms with Gasteiger partial charge in [0.15, 0.2) is 5.84 Å². The third kappa shape index (κ3) is 4.90. The topological polar surface area (TPSA) is 127 Å². The molecule has 0 aliphatic heterocycles. The molecule has 1 aromatic rings. The van der Waals surface area contributed by atoms with E-state index in [4.69, 9.17) is 16.4 Å². The van der Waals surface area contributed by atoms with Crippen molar-refractivity contribution in [1.82, 2.24) is 5.32 Å². The summed E-state index contributed by atoms with van der Waals surface area (Å²) in [5.41, 5.74) is 9.60. The van der Waals surface area contributed by atoms with Gasteiger partial charge in [-0.3, -0.25) is 15.6 Å². The molecule has 116 valence electrons. The van der Waals surface area contributed by atoms with E-state index in [0.717, 1.165) is 5.56 Å². The van der Waals surface area contributed by atoms with Crippen LogP contribution in [0.15, 0.2) is 23.3 Å². The van der Waals surface area contributed by atoms with E-state index in [2.05, 4.69) is 15.8 Å². The number of nitrogens with one attached hydrogen (secondary N) is 3. The maximum Gasteiger partial charge on any atom is 0.251 e. The molecule has 0 aliphatic rings. The van der Waals surface area contributed by atoms with Crippen LogP contribution in [0.1, 0.15) is 29.8 Å². The van der Waals surface area contributed by atoms with Gasteiger partial charge >= 0.3 is 0 Å². The molecule has 1 amide bonds. The molecule has 0 saturated heterocycles. The number of nitrogens with two attached hydrogens (primary N) is 1. The molecule has 0 saturated carbocycles. The molecule has 0 fully saturated rings. The van der Waals surface area contributed by atoms with Gasteiger partial charge in [-0.1, -0.05) is 19.9 Å². The van der Waals surface area contributed by atoms with Crippen LogP contribution >= 0.6 is 0 Å². The highest BCUT2D eigenvalue weighted by Crippen LogP contribution is 2.17. The molecule has 0 bridgehead atoms. The molecule has 0 unspecified atom stereocenters. The van der Waals surface area contributed by atoms with Crippen molar-refractivity contribution < 1.29 is 4.79 Å². The molecule has 22 heavy (non-hydrogen) atoms. The fourth-order valence-corrected chi connectivity index (χ4v) is 1.54. The van der Waals surface area contributed by atoms with E-state index in [1.807, 2.05) is 20.8 Å². The molecule has 0 heterocycles. The number of aryl methyl sites for hydroxylation is 1. The van der Waals surface area contributed by atoms with E-state index in [-0.39, 0.29) is 11.6 Å². The van der Waals surface area contributed by atoms with Crippen LogP contribution in [0.2, 0.25) is 0 Å². The quantitative estimate of drug-likeness (QED) is 0.361.